The van der Waals surface area contributed by atoms with Crippen LogP contribution in [-0.4, -0.2) is 70.1 Å². The van der Waals surface area contributed by atoms with Crippen LogP contribution in [-0.2, 0) is 14.8 Å². The molecule has 42 heavy (non-hydrogen) atoms. The van der Waals surface area contributed by atoms with Crippen molar-refractivity contribution in [2.45, 2.75) is 32.1 Å². The second kappa shape index (κ2) is 14.0. The van der Waals surface area contributed by atoms with E-state index in [4.69, 9.17) is 9.72 Å². The standard InChI is InChI=1S/C31H36N4O4S2.ClH/c1-4-35(26-9-6-5-7-10-26)41(37,38)27-13-11-25(12-14-27)30(36)34(16-8-15-33-17-19-39-20-18-33)31-32-28-22-23(2)21-24(3)29(28)40-31;/h5-7,9-14,21-22H,4,8,15-20H2,1-3H3;1H. The van der Waals surface area contributed by atoms with Crippen molar-refractivity contribution >= 4 is 60.7 Å². The Hall–Kier alpha value is -3.02. The molecule has 1 amide bonds. The third kappa shape index (κ3) is 6.95. The topological polar surface area (TPSA) is 83.1 Å². The Balaban J connectivity index is 0.00000405. The Morgan fingerprint density at radius 2 is 1.71 bits per heavy atom. The first-order chi connectivity index (χ1) is 19.8. The molecule has 224 valence electrons. The zero-order chi connectivity index (χ0) is 29.0. The minimum absolute atomic E-state index is 0. The Morgan fingerprint density at radius 3 is 2.38 bits per heavy atom. The predicted molar refractivity (Wildman–Crippen MR) is 173 cm³/mol. The molecule has 0 N–H and O–H groups in total. The number of hydrogen-bond acceptors (Lipinski definition) is 7. The van der Waals surface area contributed by atoms with Crippen LogP contribution in [0.4, 0.5) is 10.8 Å². The van der Waals surface area contributed by atoms with Crippen molar-refractivity contribution in [2.24, 2.45) is 0 Å². The molecule has 8 nitrogen and oxygen atoms in total. The van der Waals surface area contributed by atoms with Crippen molar-refractivity contribution in [3.8, 4) is 0 Å². The van der Waals surface area contributed by atoms with Crippen LogP contribution in [0.3, 0.4) is 0 Å². The van der Waals surface area contributed by atoms with Crippen molar-refractivity contribution in [3.63, 3.8) is 0 Å². The second-order valence-electron chi connectivity index (χ2n) is 10.2. The molecule has 1 saturated heterocycles. The van der Waals surface area contributed by atoms with Gasteiger partial charge in [0.25, 0.3) is 15.9 Å². The number of aryl methyl sites for hydroxylation is 2. The molecule has 0 aliphatic carbocycles. The van der Waals surface area contributed by atoms with Crippen LogP contribution < -0.4 is 9.21 Å². The van der Waals surface area contributed by atoms with Gasteiger partial charge >= 0.3 is 0 Å². The summed E-state index contributed by atoms with van der Waals surface area (Å²) in [5.41, 5.74) is 4.17. The van der Waals surface area contributed by atoms with Crippen LogP contribution in [0.5, 0.6) is 0 Å². The summed E-state index contributed by atoms with van der Waals surface area (Å²) in [5, 5.41) is 0.651. The van der Waals surface area contributed by atoms with Gasteiger partial charge in [0, 0.05) is 38.3 Å². The normalized spacial score (nSPS) is 14.0. The fourth-order valence-electron chi connectivity index (χ4n) is 5.18. The summed E-state index contributed by atoms with van der Waals surface area (Å²) in [6, 6.07) is 19.4. The molecule has 1 aromatic heterocycles. The fourth-order valence-corrected chi connectivity index (χ4v) is 7.69. The van der Waals surface area contributed by atoms with Gasteiger partial charge in [0.05, 0.1) is 34.0 Å². The van der Waals surface area contributed by atoms with Gasteiger partial charge in [-0.15, -0.1) is 12.4 Å². The highest BCUT2D eigenvalue weighted by Gasteiger charge is 2.26. The minimum atomic E-state index is -3.79. The summed E-state index contributed by atoms with van der Waals surface area (Å²) < 4.78 is 34.8. The molecular formula is C31H37ClN4O4S2. The van der Waals surface area contributed by atoms with Gasteiger partial charge in [0.2, 0.25) is 0 Å². The largest absolute Gasteiger partial charge is 0.379 e. The number of nitrogens with zero attached hydrogens (tertiary/aromatic N) is 4. The number of fused-ring (bicyclic) bond motifs is 1. The quantitative estimate of drug-likeness (QED) is 0.217. The molecular weight excluding hydrogens is 592 g/mol. The maximum atomic E-state index is 13.9. The van der Waals surface area contributed by atoms with Crippen molar-refractivity contribution in [1.82, 2.24) is 9.88 Å². The molecule has 0 spiro atoms. The summed E-state index contributed by atoms with van der Waals surface area (Å²) in [6.45, 7) is 10.8. The number of carbonyl (C=O) groups excluding carboxylic acids is 1. The molecule has 1 aliphatic rings. The second-order valence-corrected chi connectivity index (χ2v) is 13.1. The third-order valence-electron chi connectivity index (χ3n) is 7.27. The highest BCUT2D eigenvalue weighted by Crippen LogP contribution is 2.33. The average Bonchev–Trinajstić information content (AvgIpc) is 3.40. The Morgan fingerprint density at radius 1 is 1.02 bits per heavy atom. The monoisotopic (exact) mass is 628 g/mol. The molecule has 2 heterocycles. The molecule has 0 radical (unpaired) electrons. The molecule has 4 aromatic rings. The number of amides is 1. The zero-order valence-corrected chi connectivity index (χ0v) is 26.6. The zero-order valence-electron chi connectivity index (χ0n) is 24.2. The van der Waals surface area contributed by atoms with Gasteiger partial charge in [-0.25, -0.2) is 13.4 Å². The molecule has 0 atom stereocenters. The molecule has 5 rings (SSSR count). The lowest BCUT2D eigenvalue weighted by atomic mass is 10.1. The van der Waals surface area contributed by atoms with Crippen molar-refractivity contribution in [2.75, 3.05) is 55.1 Å². The maximum Gasteiger partial charge on any atom is 0.264 e. The van der Waals surface area contributed by atoms with Crippen molar-refractivity contribution in [1.29, 1.82) is 0 Å². The molecule has 11 heteroatoms. The maximum absolute atomic E-state index is 13.9. The van der Waals surface area contributed by atoms with E-state index >= 15 is 0 Å². The summed E-state index contributed by atoms with van der Waals surface area (Å²) in [4.78, 5) is 23.0. The van der Waals surface area contributed by atoms with E-state index in [1.165, 1.54) is 27.8 Å². The van der Waals surface area contributed by atoms with Crippen LogP contribution in [0.2, 0.25) is 0 Å². The lowest BCUT2D eigenvalue weighted by Gasteiger charge is -2.27. The SMILES string of the molecule is CCN(c1ccccc1)S(=O)(=O)c1ccc(C(=O)N(CCCN2CCOCC2)c2nc3cc(C)cc(C)c3s2)cc1.Cl. The van der Waals surface area contributed by atoms with Crippen LogP contribution in [0, 0.1) is 13.8 Å². The van der Waals surface area contributed by atoms with E-state index in [9.17, 15) is 13.2 Å². The lowest BCUT2D eigenvalue weighted by Crippen LogP contribution is -2.39. The summed E-state index contributed by atoms with van der Waals surface area (Å²) in [5.74, 6) is -0.195. The number of thiazole rings is 1. The summed E-state index contributed by atoms with van der Waals surface area (Å²) in [6.07, 6.45) is 0.786. The first kappa shape index (κ1) is 31.9. The van der Waals surface area contributed by atoms with E-state index in [1.807, 2.05) is 31.2 Å². The number of morpholine rings is 1. The number of halogens is 1. The van der Waals surface area contributed by atoms with Crippen LogP contribution in [0.15, 0.2) is 71.6 Å². The van der Waals surface area contributed by atoms with Gasteiger partial charge in [0.1, 0.15) is 0 Å². The van der Waals surface area contributed by atoms with Gasteiger partial charge in [-0.3, -0.25) is 18.9 Å². The van der Waals surface area contributed by atoms with Gasteiger partial charge in [0.15, 0.2) is 5.13 Å². The minimum Gasteiger partial charge on any atom is -0.379 e. The van der Waals surface area contributed by atoms with Crippen LogP contribution >= 0.6 is 23.7 Å². The van der Waals surface area contributed by atoms with Gasteiger partial charge in [-0.1, -0.05) is 35.6 Å². The predicted octanol–water partition coefficient (Wildman–Crippen LogP) is 5.92. The number of aromatic nitrogens is 1. The number of sulfonamides is 1. The number of hydrogen-bond donors (Lipinski definition) is 0. The van der Waals surface area contributed by atoms with Gasteiger partial charge in [-0.2, -0.15) is 0 Å². The third-order valence-corrected chi connectivity index (χ3v) is 10.4. The summed E-state index contributed by atoms with van der Waals surface area (Å²) in [7, 11) is -3.79. The van der Waals surface area contributed by atoms with Gasteiger partial charge < -0.3 is 4.74 Å². The van der Waals surface area contributed by atoms with Crippen molar-refractivity contribution < 1.29 is 17.9 Å². The molecule has 0 bridgehead atoms. The van der Waals surface area contributed by atoms with E-state index in [0.29, 0.717) is 29.5 Å². The molecule has 0 saturated carbocycles. The Kier molecular flexibility index (Phi) is 10.6. The van der Waals surface area contributed by atoms with E-state index < -0.39 is 10.0 Å². The molecule has 1 fully saturated rings. The van der Waals surface area contributed by atoms with E-state index in [2.05, 4.69) is 17.9 Å². The highest BCUT2D eigenvalue weighted by molar-refractivity contribution is 7.92. The fraction of sp³-hybridized carbons (Fsp3) is 0.355. The Bertz CT molecular complexity index is 1610. The van der Waals surface area contributed by atoms with Crippen LogP contribution in [0.25, 0.3) is 10.2 Å². The first-order valence-corrected chi connectivity index (χ1v) is 16.2. The smallest absolute Gasteiger partial charge is 0.264 e. The number of benzene rings is 3. The van der Waals surface area contributed by atoms with Gasteiger partial charge in [-0.05, 0) is 80.8 Å². The van der Waals surface area contributed by atoms with E-state index in [1.54, 1.807) is 36.1 Å². The highest BCUT2D eigenvalue weighted by atomic mass is 35.5. The lowest BCUT2D eigenvalue weighted by molar-refractivity contribution is 0.0376. The number of para-hydroxylation sites is 1. The number of rotatable bonds is 10. The molecule has 3 aromatic carbocycles. The van der Waals surface area contributed by atoms with E-state index in [0.717, 1.165) is 60.6 Å². The molecule has 1 aliphatic heterocycles. The molecule has 0 unspecified atom stereocenters. The Labute approximate surface area is 258 Å². The van der Waals surface area contributed by atoms with Crippen LogP contribution in [0.1, 0.15) is 34.8 Å². The number of ether oxygens (including phenoxy) is 1. The number of anilines is 2. The summed E-state index contributed by atoms with van der Waals surface area (Å²) >= 11 is 1.52. The first-order valence-electron chi connectivity index (χ1n) is 14.0. The van der Waals surface area contributed by atoms with E-state index in [-0.39, 0.29) is 23.2 Å². The number of carbonyl (C=O) groups is 1. The average molecular weight is 629 g/mol. The van der Waals surface area contributed by atoms with Crippen molar-refractivity contribution in [3.05, 3.63) is 83.4 Å².